The molecular weight excluding hydrogens is 1200 g/mol. The summed E-state index contributed by atoms with van der Waals surface area (Å²) in [7, 11) is 5.48. The van der Waals surface area contributed by atoms with Crippen LogP contribution < -0.4 is 20.1 Å². The van der Waals surface area contributed by atoms with Gasteiger partial charge >= 0.3 is 5.97 Å². The van der Waals surface area contributed by atoms with Crippen LogP contribution in [0.4, 0.5) is 0 Å². The van der Waals surface area contributed by atoms with Crippen molar-refractivity contribution in [1.82, 2.24) is 10.6 Å². The molecule has 17 heteroatoms. The Balaban J connectivity index is 0.893. The number of aliphatic hydroxyl groups is 7. The normalized spacial score (nSPS) is 42.6. The van der Waals surface area contributed by atoms with Crippen molar-refractivity contribution < 1.29 is 63.9 Å². The predicted molar refractivity (Wildman–Crippen MR) is 358 cm³/mol. The number of benzene rings is 3. The summed E-state index contributed by atoms with van der Waals surface area (Å²) in [6.45, 7) is 5.21. The van der Waals surface area contributed by atoms with E-state index >= 15 is 0 Å². The average molecular weight is 1300 g/mol. The summed E-state index contributed by atoms with van der Waals surface area (Å²) in [5, 5.41) is 102. The Bertz CT molecular complexity index is 3420. The number of hydrogen-bond acceptors (Lipinski definition) is 17. The largest absolute Gasteiger partial charge is 0.485 e. The van der Waals surface area contributed by atoms with E-state index in [1.54, 1.807) is 36.1 Å². The minimum absolute atomic E-state index is 0.0123. The molecule has 19 atom stereocenters. The van der Waals surface area contributed by atoms with Gasteiger partial charge in [0, 0.05) is 65.7 Å². The second kappa shape index (κ2) is 25.8. The van der Waals surface area contributed by atoms with E-state index in [9.17, 15) is 40.5 Å². The molecule has 7 fully saturated rings. The number of aryl methyl sites for hydroxylation is 1. The van der Waals surface area contributed by atoms with E-state index < -0.39 is 82.1 Å². The molecule has 2 saturated heterocycles. The molecule has 92 heavy (non-hydrogen) atoms. The maximum absolute atomic E-state index is 14.0. The average Bonchev–Trinajstić information content (AvgIpc) is 0.882. The molecule has 3 aromatic carbocycles. The highest BCUT2D eigenvalue weighted by Gasteiger charge is 2.78. The number of nitrogens with one attached hydrogen (secondary N) is 2. The minimum atomic E-state index is -2.52. The van der Waals surface area contributed by atoms with Gasteiger partial charge in [0.2, 0.25) is 12.0 Å². The third kappa shape index (κ3) is 11.1. The Morgan fingerprint density at radius 2 is 1.72 bits per heavy atom. The minimum Gasteiger partial charge on any atom is -0.485 e. The highest BCUT2D eigenvalue weighted by atomic mass is 33.1. The smallest absolute Gasteiger partial charge is 0.306 e. The fourth-order valence-electron chi connectivity index (χ4n) is 21.1. The van der Waals surface area contributed by atoms with Crippen LogP contribution in [0.25, 0.3) is 21.7 Å². The van der Waals surface area contributed by atoms with Crippen molar-refractivity contribution in [2.24, 2.45) is 58.7 Å². The molecular formula is C75H100N2O13S2. The van der Waals surface area contributed by atoms with Crippen LogP contribution in [0.2, 0.25) is 0 Å². The lowest BCUT2D eigenvalue weighted by Crippen LogP contribution is -2.86. The van der Waals surface area contributed by atoms with E-state index in [1.165, 1.54) is 16.3 Å². The van der Waals surface area contributed by atoms with Gasteiger partial charge in [0.05, 0.1) is 30.7 Å². The Morgan fingerprint density at radius 3 is 2.53 bits per heavy atom. The molecule has 1 aromatic heterocycles. The molecule has 500 valence electrons. The lowest BCUT2D eigenvalue weighted by atomic mass is 9.50. The van der Waals surface area contributed by atoms with Crippen molar-refractivity contribution in [1.29, 1.82) is 0 Å². The number of furan rings is 1. The number of carbonyl (C=O) groups is 1. The Labute approximate surface area is 551 Å². The third-order valence-electron chi connectivity index (χ3n) is 25.7. The number of rotatable bonds is 11. The van der Waals surface area contributed by atoms with Crippen LogP contribution in [0.3, 0.4) is 0 Å². The molecule has 4 heterocycles. The number of carbonyl (C=O) groups excluding carboxylic acids is 1. The molecule has 8 aliphatic carbocycles. The second-order valence-corrected chi connectivity index (χ2v) is 33.2. The van der Waals surface area contributed by atoms with Crippen molar-refractivity contribution in [2.75, 3.05) is 45.7 Å². The lowest BCUT2D eigenvalue weighted by molar-refractivity contribution is -0.424. The molecule has 11 aliphatic rings. The second-order valence-electron chi connectivity index (χ2n) is 30.6. The topological polar surface area (TPSA) is 233 Å². The molecule has 0 radical (unpaired) electrons. The van der Waals surface area contributed by atoms with Gasteiger partial charge in [-0.1, -0.05) is 102 Å². The number of fused-ring (bicyclic) bond motifs is 15. The Kier molecular flexibility index (Phi) is 18.4. The van der Waals surface area contributed by atoms with Crippen molar-refractivity contribution in [2.45, 2.75) is 218 Å². The van der Waals surface area contributed by atoms with Gasteiger partial charge in [-0.15, -0.1) is 5.92 Å². The molecule has 7 bridgehead atoms. The van der Waals surface area contributed by atoms with E-state index in [0.717, 1.165) is 96.4 Å². The Hall–Kier alpha value is -3.87. The van der Waals surface area contributed by atoms with Gasteiger partial charge in [0.1, 0.15) is 23.9 Å². The first-order valence-corrected chi connectivity index (χ1v) is 37.6. The maximum atomic E-state index is 14.0. The van der Waals surface area contributed by atoms with Gasteiger partial charge in [0.15, 0.2) is 16.9 Å². The summed E-state index contributed by atoms with van der Waals surface area (Å²) >= 11 is 0. The zero-order valence-electron chi connectivity index (χ0n) is 54.2. The molecule has 19 unspecified atom stereocenters. The number of allylic oxidation sites excluding steroid dienone is 1. The van der Waals surface area contributed by atoms with Crippen LogP contribution in [0.5, 0.6) is 11.5 Å². The molecule has 3 spiro atoms. The van der Waals surface area contributed by atoms with E-state index in [0.29, 0.717) is 60.6 Å². The summed E-state index contributed by atoms with van der Waals surface area (Å²) in [6, 6.07) is 19.5. The number of hydrogen-bond donors (Lipinski definition) is 9. The van der Waals surface area contributed by atoms with E-state index in [-0.39, 0.29) is 96.7 Å². The lowest BCUT2D eigenvalue weighted by Gasteiger charge is -2.67. The van der Waals surface area contributed by atoms with Crippen LogP contribution in [0, 0.1) is 70.5 Å². The molecule has 4 aromatic rings. The first-order chi connectivity index (χ1) is 44.4. The molecule has 0 amide bonds. The van der Waals surface area contributed by atoms with E-state index in [1.807, 2.05) is 22.9 Å². The van der Waals surface area contributed by atoms with Crippen molar-refractivity contribution in [3.05, 3.63) is 84.1 Å². The van der Waals surface area contributed by atoms with Crippen molar-refractivity contribution in [3.8, 4) is 23.3 Å². The van der Waals surface area contributed by atoms with Crippen LogP contribution >= 0.6 is 21.6 Å². The number of ether oxygens (including phenoxy) is 4. The summed E-state index contributed by atoms with van der Waals surface area (Å²) in [5.41, 5.74) is -5.64. The SMILES string of the molecule is CCOC(=O)CCc1cc2ccoc2c2c1OC1OC3(CSSC4(CCC5(CCC(CNC)C5)C4CCC4(O)CC5C#CCC6CCC(c7ccc8ccccc8c7)(CC6)C5C4)C(CCC(C)CCCC3O)NCCO2)C2(O)CC3C=CC(O)C(CO)C3C1(O)C2O. The molecule has 5 saturated carbocycles. The summed E-state index contributed by atoms with van der Waals surface area (Å²) < 4.78 is 33.0. The van der Waals surface area contributed by atoms with E-state index in [2.05, 4.69) is 78.9 Å². The first-order valence-electron chi connectivity index (χ1n) is 35.3. The predicted octanol–water partition coefficient (Wildman–Crippen LogP) is 10.5. The molecule has 15 rings (SSSR count). The molecule has 9 N–H and O–H groups in total. The van der Waals surface area contributed by atoms with Crippen LogP contribution in [0.15, 0.2) is 77.4 Å². The van der Waals surface area contributed by atoms with Gasteiger partial charge in [-0.25, -0.2) is 0 Å². The van der Waals surface area contributed by atoms with Gasteiger partial charge in [-0.05, 0) is 216 Å². The number of esters is 1. The van der Waals surface area contributed by atoms with Crippen molar-refractivity contribution in [3.63, 3.8) is 0 Å². The molecule has 3 aliphatic heterocycles. The fraction of sp³-hybridized carbons (Fsp3) is 0.693. The summed E-state index contributed by atoms with van der Waals surface area (Å²) in [4.78, 5) is 13.2. The molecule has 15 nitrogen and oxygen atoms in total. The quantitative estimate of drug-likeness (QED) is 0.0294. The van der Waals surface area contributed by atoms with E-state index in [4.69, 9.17) is 23.4 Å². The van der Waals surface area contributed by atoms with Gasteiger partial charge in [-0.3, -0.25) is 4.79 Å². The number of aliphatic hydroxyl groups excluding tert-OH is 4. The highest BCUT2D eigenvalue weighted by Crippen LogP contribution is 2.70. The van der Waals surface area contributed by atoms with Crippen molar-refractivity contribution >= 4 is 49.3 Å². The third-order valence-corrected chi connectivity index (χ3v) is 29.1. The standard InChI is InChI=1S/C75H100N2O13S2/c1-4-86-62(81)22-18-51-37-52-27-35-87-64(52)66-65(51)89-68-75(85)63-54(17-20-58(79)56(63)44-78)41-73(84,67(75)82)74(90-68)45-91-92-72(60(77-34-36-88-66)21-15-46(2)9-7-14-61(74)80)33-32-69(28-23-48(39-69)43-76-3)59(72)26-29-70(83)40-53-13-8-10-47-24-30-71(31-25-47,57(53)42-70)55-19-16-49-11-5-6-12-50(49)38-55/h5-6,11-12,16-17,19-20,27,35,37-38,46-48,53-54,56-61,63,67-68,76-80,82-85H,4,7,9-10,14-15,18,21-26,28-34,36,39-45H2,1-3H3. The van der Waals surface area contributed by atoms with Gasteiger partial charge in [0.25, 0.3) is 0 Å². The van der Waals surface area contributed by atoms with Crippen LogP contribution in [-0.4, -0.2) is 145 Å². The summed E-state index contributed by atoms with van der Waals surface area (Å²) in [6.07, 6.45) is 15.1. The van der Waals surface area contributed by atoms with Crippen LogP contribution in [0.1, 0.15) is 160 Å². The monoisotopic (exact) mass is 1300 g/mol. The first kappa shape index (κ1) is 65.4. The summed E-state index contributed by atoms with van der Waals surface area (Å²) in [5.74, 6) is 6.38. The highest BCUT2D eigenvalue weighted by molar-refractivity contribution is 8.77. The fourth-order valence-corrected chi connectivity index (χ4v) is 25.4. The van der Waals surface area contributed by atoms with Crippen LogP contribution in [-0.2, 0) is 26.1 Å². The zero-order valence-corrected chi connectivity index (χ0v) is 55.8. The zero-order chi connectivity index (χ0) is 63.8. The Morgan fingerprint density at radius 1 is 0.880 bits per heavy atom. The maximum Gasteiger partial charge on any atom is 0.306 e. The van der Waals surface area contributed by atoms with Gasteiger partial charge < -0.3 is 69.7 Å². The van der Waals surface area contributed by atoms with Gasteiger partial charge in [-0.2, -0.15) is 0 Å².